The quantitative estimate of drug-likeness (QED) is 0.514. The van der Waals surface area contributed by atoms with Crippen molar-refractivity contribution >= 4 is 11.7 Å². The number of hydrogen-bond acceptors (Lipinski definition) is 4. The maximum Gasteiger partial charge on any atom is 0.194 e. The first-order valence-corrected chi connectivity index (χ1v) is 3.78. The summed E-state index contributed by atoms with van der Waals surface area (Å²) in [5.41, 5.74) is 6.90. The van der Waals surface area contributed by atoms with E-state index >= 15 is 0 Å². The summed E-state index contributed by atoms with van der Waals surface area (Å²) in [5, 5.41) is 2.83. The molecule has 0 atom stereocenters. The van der Waals surface area contributed by atoms with E-state index < -0.39 is 0 Å². The van der Waals surface area contributed by atoms with Crippen molar-refractivity contribution in [2.24, 2.45) is 10.7 Å². The highest BCUT2D eigenvalue weighted by molar-refractivity contribution is 6.01. The number of aliphatic imine (C=N–C) groups is 1. The lowest BCUT2D eigenvalue weighted by atomic mass is 10.0. The SMILES string of the molecule is NC1=NC2=C(CN1)C(=O)CC=C2. The van der Waals surface area contributed by atoms with Crippen LogP contribution in [0.3, 0.4) is 0 Å². The predicted molar refractivity (Wildman–Crippen MR) is 45.4 cm³/mol. The zero-order chi connectivity index (χ0) is 8.55. The Morgan fingerprint density at radius 1 is 1.58 bits per heavy atom. The van der Waals surface area contributed by atoms with Crippen LogP contribution < -0.4 is 11.1 Å². The summed E-state index contributed by atoms with van der Waals surface area (Å²) >= 11 is 0. The topological polar surface area (TPSA) is 67.5 Å². The number of rotatable bonds is 0. The number of nitrogens with one attached hydrogen (secondary N) is 1. The first-order valence-electron chi connectivity index (χ1n) is 3.78. The maximum atomic E-state index is 11.3. The van der Waals surface area contributed by atoms with Crippen molar-refractivity contribution in [1.82, 2.24) is 5.32 Å². The molecule has 0 aromatic rings. The van der Waals surface area contributed by atoms with E-state index in [4.69, 9.17) is 5.73 Å². The molecule has 62 valence electrons. The van der Waals surface area contributed by atoms with E-state index in [1.54, 1.807) is 0 Å². The predicted octanol–water partition coefficient (Wildman–Crippen LogP) is -0.313. The van der Waals surface area contributed by atoms with Gasteiger partial charge in [0, 0.05) is 18.5 Å². The number of hydrogen-bond donors (Lipinski definition) is 2. The number of nitrogens with zero attached hydrogens (tertiary/aromatic N) is 1. The number of Topliss-reactive ketones (excluding diaryl/α,β-unsaturated/α-hetero) is 1. The largest absolute Gasteiger partial charge is 0.370 e. The van der Waals surface area contributed by atoms with Gasteiger partial charge < -0.3 is 11.1 Å². The van der Waals surface area contributed by atoms with E-state index in [2.05, 4.69) is 10.3 Å². The molecule has 0 radical (unpaired) electrons. The molecular weight excluding hydrogens is 154 g/mol. The van der Waals surface area contributed by atoms with Gasteiger partial charge in [-0.3, -0.25) is 4.79 Å². The highest BCUT2D eigenvalue weighted by Crippen LogP contribution is 2.18. The van der Waals surface area contributed by atoms with Crippen LogP contribution >= 0.6 is 0 Å². The van der Waals surface area contributed by atoms with Crippen molar-refractivity contribution in [2.75, 3.05) is 6.54 Å². The smallest absolute Gasteiger partial charge is 0.194 e. The molecule has 4 nitrogen and oxygen atoms in total. The second-order valence-electron chi connectivity index (χ2n) is 2.74. The number of guanidine groups is 1. The Labute approximate surface area is 69.8 Å². The third-order valence-corrected chi connectivity index (χ3v) is 1.91. The molecule has 4 heteroatoms. The molecule has 0 spiro atoms. The standard InChI is InChI=1S/C8H9N3O/c9-8-10-4-5-6(11-8)2-1-3-7(5)12/h1-2H,3-4H2,(H3,9,10,11). The average Bonchev–Trinajstić information content (AvgIpc) is 2.04. The number of nitrogens with two attached hydrogens (primary N) is 1. The Morgan fingerprint density at radius 2 is 2.42 bits per heavy atom. The van der Waals surface area contributed by atoms with Crippen LogP contribution in [0.5, 0.6) is 0 Å². The first-order chi connectivity index (χ1) is 5.77. The van der Waals surface area contributed by atoms with Crippen LogP contribution in [0.25, 0.3) is 0 Å². The van der Waals surface area contributed by atoms with Gasteiger partial charge >= 0.3 is 0 Å². The molecule has 0 aromatic carbocycles. The van der Waals surface area contributed by atoms with E-state index in [1.807, 2.05) is 12.2 Å². The summed E-state index contributed by atoms with van der Waals surface area (Å²) in [6.45, 7) is 0.508. The van der Waals surface area contributed by atoms with Gasteiger partial charge in [0.2, 0.25) is 0 Å². The summed E-state index contributed by atoms with van der Waals surface area (Å²) < 4.78 is 0. The van der Waals surface area contributed by atoms with Crippen molar-refractivity contribution in [2.45, 2.75) is 6.42 Å². The summed E-state index contributed by atoms with van der Waals surface area (Å²) in [4.78, 5) is 15.3. The van der Waals surface area contributed by atoms with E-state index in [-0.39, 0.29) is 5.78 Å². The minimum absolute atomic E-state index is 0.135. The third kappa shape index (κ3) is 1.01. The molecule has 0 aromatic heterocycles. The minimum Gasteiger partial charge on any atom is -0.370 e. The zero-order valence-electron chi connectivity index (χ0n) is 6.50. The fourth-order valence-corrected chi connectivity index (χ4v) is 1.29. The van der Waals surface area contributed by atoms with Crippen molar-refractivity contribution in [3.05, 3.63) is 23.4 Å². The Morgan fingerprint density at radius 3 is 3.25 bits per heavy atom. The third-order valence-electron chi connectivity index (χ3n) is 1.91. The van der Waals surface area contributed by atoms with E-state index in [9.17, 15) is 4.79 Å². The van der Waals surface area contributed by atoms with Crippen molar-refractivity contribution in [3.8, 4) is 0 Å². The van der Waals surface area contributed by atoms with Gasteiger partial charge in [-0.2, -0.15) is 0 Å². The van der Waals surface area contributed by atoms with E-state index in [0.717, 1.165) is 5.57 Å². The fourth-order valence-electron chi connectivity index (χ4n) is 1.29. The van der Waals surface area contributed by atoms with Crippen LogP contribution in [0, 0.1) is 0 Å². The van der Waals surface area contributed by atoms with Gasteiger partial charge in [-0.1, -0.05) is 6.08 Å². The molecule has 3 N–H and O–H groups in total. The number of carbonyl (C=O) groups excluding carboxylic acids is 1. The maximum absolute atomic E-state index is 11.3. The lowest BCUT2D eigenvalue weighted by Crippen LogP contribution is -2.38. The van der Waals surface area contributed by atoms with Crippen LogP contribution in [0.2, 0.25) is 0 Å². The van der Waals surface area contributed by atoms with Gasteiger partial charge in [-0.15, -0.1) is 0 Å². The molecule has 2 rings (SSSR count). The Kier molecular flexibility index (Phi) is 1.46. The molecule has 0 saturated heterocycles. The summed E-state index contributed by atoms with van der Waals surface area (Å²) in [6, 6.07) is 0. The second kappa shape index (κ2) is 2.48. The highest BCUT2D eigenvalue weighted by atomic mass is 16.1. The zero-order valence-corrected chi connectivity index (χ0v) is 6.50. The fraction of sp³-hybridized carbons (Fsp3) is 0.250. The van der Waals surface area contributed by atoms with E-state index in [1.165, 1.54) is 0 Å². The van der Waals surface area contributed by atoms with Gasteiger partial charge in [0.05, 0.1) is 5.70 Å². The molecule has 12 heavy (non-hydrogen) atoms. The van der Waals surface area contributed by atoms with Crippen molar-refractivity contribution in [1.29, 1.82) is 0 Å². The molecule has 1 aliphatic carbocycles. The van der Waals surface area contributed by atoms with Crippen LogP contribution in [-0.2, 0) is 4.79 Å². The lowest BCUT2D eigenvalue weighted by Gasteiger charge is -2.18. The lowest BCUT2D eigenvalue weighted by molar-refractivity contribution is -0.115. The van der Waals surface area contributed by atoms with Crippen molar-refractivity contribution in [3.63, 3.8) is 0 Å². The molecule has 0 unspecified atom stereocenters. The molecule has 1 aliphatic heterocycles. The highest BCUT2D eigenvalue weighted by Gasteiger charge is 2.19. The molecule has 0 fully saturated rings. The summed E-state index contributed by atoms with van der Waals surface area (Å²) in [7, 11) is 0. The van der Waals surface area contributed by atoms with Crippen LogP contribution in [0.15, 0.2) is 28.4 Å². The van der Waals surface area contributed by atoms with Gasteiger partial charge in [0.25, 0.3) is 0 Å². The number of carbonyl (C=O) groups is 1. The van der Waals surface area contributed by atoms with E-state index in [0.29, 0.717) is 24.6 Å². The van der Waals surface area contributed by atoms with Gasteiger partial charge in [0.15, 0.2) is 11.7 Å². The molecular formula is C8H9N3O. The first kappa shape index (κ1) is 7.09. The summed E-state index contributed by atoms with van der Waals surface area (Å²) in [6.07, 6.45) is 4.13. The molecule has 1 heterocycles. The number of ketones is 1. The summed E-state index contributed by atoms with van der Waals surface area (Å²) in [5.74, 6) is 0.518. The van der Waals surface area contributed by atoms with Crippen LogP contribution in [0.4, 0.5) is 0 Å². The molecule has 0 saturated carbocycles. The van der Waals surface area contributed by atoms with Crippen molar-refractivity contribution < 1.29 is 4.79 Å². The van der Waals surface area contributed by atoms with Gasteiger partial charge in [-0.05, 0) is 6.08 Å². The number of allylic oxidation sites excluding steroid dienone is 2. The van der Waals surface area contributed by atoms with Gasteiger partial charge in [-0.25, -0.2) is 4.99 Å². The average molecular weight is 163 g/mol. The molecule has 0 amide bonds. The normalized spacial score (nSPS) is 21.7. The monoisotopic (exact) mass is 163 g/mol. The minimum atomic E-state index is 0.135. The van der Waals surface area contributed by atoms with Gasteiger partial charge in [0.1, 0.15) is 0 Å². The Balaban J connectivity index is 2.43. The second-order valence-corrected chi connectivity index (χ2v) is 2.74. The molecule has 2 aliphatic rings. The Bertz CT molecular complexity index is 325. The molecule has 0 bridgehead atoms. The van der Waals surface area contributed by atoms with Crippen LogP contribution in [0.1, 0.15) is 6.42 Å². The Hall–Kier alpha value is -1.58. The van der Waals surface area contributed by atoms with Crippen LogP contribution in [-0.4, -0.2) is 18.3 Å².